The summed E-state index contributed by atoms with van der Waals surface area (Å²) in [5, 5.41) is -0.170. The van der Waals surface area contributed by atoms with Crippen molar-refractivity contribution in [1.29, 1.82) is 0 Å². The molecule has 0 aliphatic heterocycles. The van der Waals surface area contributed by atoms with Gasteiger partial charge >= 0.3 is 5.97 Å². The summed E-state index contributed by atoms with van der Waals surface area (Å²) >= 11 is 1.08. The van der Waals surface area contributed by atoms with Gasteiger partial charge in [0.1, 0.15) is 0 Å². The molecule has 4 heteroatoms. The fourth-order valence-electron chi connectivity index (χ4n) is 0.985. The minimum Gasteiger partial charge on any atom is -0.454 e. The minimum atomic E-state index is -0.701. The van der Waals surface area contributed by atoms with Crippen LogP contribution in [0.2, 0.25) is 0 Å². The van der Waals surface area contributed by atoms with Crippen LogP contribution in [-0.4, -0.2) is 17.2 Å². The molecule has 0 fully saturated rings. The molecule has 1 rings (SSSR count). The van der Waals surface area contributed by atoms with Crippen molar-refractivity contribution in [1.82, 2.24) is 0 Å². The van der Waals surface area contributed by atoms with E-state index in [2.05, 4.69) is 0 Å². The van der Waals surface area contributed by atoms with Gasteiger partial charge in [-0.1, -0.05) is 18.2 Å². The van der Waals surface area contributed by atoms with E-state index < -0.39 is 12.1 Å². The Morgan fingerprint density at radius 3 is 2.40 bits per heavy atom. The predicted octanol–water partition coefficient (Wildman–Crippen LogP) is 2.26. The first-order chi connectivity index (χ1) is 7.09. The molecule has 0 aliphatic carbocycles. The van der Waals surface area contributed by atoms with Gasteiger partial charge in [0.05, 0.1) is 0 Å². The Hall–Kier alpha value is -1.29. The van der Waals surface area contributed by atoms with Crippen LogP contribution in [0.5, 0.6) is 0 Å². The molecule has 1 aromatic rings. The van der Waals surface area contributed by atoms with Crippen LogP contribution >= 0.6 is 11.8 Å². The normalized spacial score (nSPS) is 11.9. The number of rotatable bonds is 3. The Morgan fingerprint density at radius 1 is 1.27 bits per heavy atom. The molecule has 0 unspecified atom stereocenters. The van der Waals surface area contributed by atoms with Gasteiger partial charge in [0.2, 0.25) is 5.12 Å². The molecule has 0 amide bonds. The van der Waals surface area contributed by atoms with Gasteiger partial charge in [-0.15, -0.1) is 0 Å². The van der Waals surface area contributed by atoms with Crippen LogP contribution in [0, 0.1) is 0 Å². The summed E-state index contributed by atoms with van der Waals surface area (Å²) in [4.78, 5) is 23.0. The van der Waals surface area contributed by atoms with Crippen molar-refractivity contribution in [3.63, 3.8) is 0 Å². The van der Waals surface area contributed by atoms with Crippen LogP contribution in [0.15, 0.2) is 35.2 Å². The lowest BCUT2D eigenvalue weighted by Crippen LogP contribution is -2.20. The van der Waals surface area contributed by atoms with E-state index in [9.17, 15) is 9.59 Å². The molecule has 0 spiro atoms. The first kappa shape index (κ1) is 11.8. The molecule has 0 saturated carbocycles. The fourth-order valence-corrected chi connectivity index (χ4v) is 1.72. The molecule has 1 atom stereocenters. The number of thioether (sulfide) groups is 1. The summed E-state index contributed by atoms with van der Waals surface area (Å²) in [6.07, 6.45) is -0.701. The first-order valence-electron chi connectivity index (χ1n) is 4.53. The van der Waals surface area contributed by atoms with Gasteiger partial charge in [0.15, 0.2) is 6.10 Å². The maximum absolute atomic E-state index is 11.5. The highest BCUT2D eigenvalue weighted by atomic mass is 32.2. The average Bonchev–Trinajstić information content (AvgIpc) is 2.18. The number of carbonyl (C=O) groups is 2. The summed E-state index contributed by atoms with van der Waals surface area (Å²) < 4.78 is 4.77. The second-order valence-corrected chi connectivity index (χ2v) is 4.06. The Morgan fingerprint density at radius 2 is 1.87 bits per heavy atom. The van der Waals surface area contributed by atoms with E-state index in [4.69, 9.17) is 4.74 Å². The standard InChI is InChI=1S/C11H12O3S/c1-8(14-9(2)12)11(13)15-10-6-4-3-5-7-10/h3-8H,1-2H3/t8-/m0/s1. The maximum atomic E-state index is 11.5. The van der Waals surface area contributed by atoms with Crippen molar-refractivity contribution in [2.75, 3.05) is 0 Å². The molecule has 0 aliphatic rings. The highest BCUT2D eigenvalue weighted by Gasteiger charge is 2.16. The van der Waals surface area contributed by atoms with Crippen LogP contribution in [-0.2, 0) is 14.3 Å². The van der Waals surface area contributed by atoms with Gasteiger partial charge in [-0.25, -0.2) is 0 Å². The smallest absolute Gasteiger partial charge is 0.303 e. The molecule has 0 saturated heterocycles. The van der Waals surface area contributed by atoms with E-state index in [1.165, 1.54) is 6.92 Å². The predicted molar refractivity (Wildman–Crippen MR) is 58.5 cm³/mol. The third-order valence-electron chi connectivity index (χ3n) is 1.64. The van der Waals surface area contributed by atoms with Gasteiger partial charge in [0.25, 0.3) is 0 Å². The van der Waals surface area contributed by atoms with Gasteiger partial charge in [0, 0.05) is 11.8 Å². The van der Waals surface area contributed by atoms with Crippen LogP contribution in [0.1, 0.15) is 13.8 Å². The lowest BCUT2D eigenvalue weighted by atomic mass is 10.4. The zero-order valence-electron chi connectivity index (χ0n) is 8.60. The average molecular weight is 224 g/mol. The molecule has 15 heavy (non-hydrogen) atoms. The summed E-state index contributed by atoms with van der Waals surface area (Å²) in [5.74, 6) is -0.440. The number of hydrogen-bond donors (Lipinski definition) is 0. The maximum Gasteiger partial charge on any atom is 0.303 e. The molecule has 0 bridgehead atoms. The summed E-state index contributed by atoms with van der Waals surface area (Å²) in [6, 6.07) is 9.26. The Balaban J connectivity index is 2.52. The first-order valence-corrected chi connectivity index (χ1v) is 5.35. The Bertz CT molecular complexity index is 348. The van der Waals surface area contributed by atoms with E-state index >= 15 is 0 Å². The Labute approximate surface area is 92.8 Å². The van der Waals surface area contributed by atoms with E-state index in [1.54, 1.807) is 6.92 Å². The summed E-state index contributed by atoms with van der Waals surface area (Å²) in [6.45, 7) is 2.86. The highest BCUT2D eigenvalue weighted by Crippen LogP contribution is 2.20. The zero-order valence-corrected chi connectivity index (χ0v) is 9.41. The Kier molecular flexibility index (Phi) is 4.37. The molecule has 0 aromatic heterocycles. The number of carbonyl (C=O) groups excluding carboxylic acids is 2. The van der Waals surface area contributed by atoms with Crippen molar-refractivity contribution in [3.05, 3.63) is 30.3 Å². The van der Waals surface area contributed by atoms with Crippen LogP contribution in [0.3, 0.4) is 0 Å². The number of esters is 1. The molecular formula is C11H12O3S. The molecule has 0 heterocycles. The van der Waals surface area contributed by atoms with E-state index in [0.29, 0.717) is 0 Å². The fraction of sp³-hybridized carbons (Fsp3) is 0.273. The van der Waals surface area contributed by atoms with E-state index in [1.807, 2.05) is 30.3 Å². The number of hydrogen-bond acceptors (Lipinski definition) is 4. The van der Waals surface area contributed by atoms with Gasteiger partial charge in [-0.05, 0) is 30.8 Å². The number of ether oxygens (including phenoxy) is 1. The van der Waals surface area contributed by atoms with Crippen LogP contribution in [0.4, 0.5) is 0 Å². The second kappa shape index (κ2) is 5.56. The third-order valence-corrected chi connectivity index (χ3v) is 2.68. The molecule has 1 aromatic carbocycles. The monoisotopic (exact) mass is 224 g/mol. The molecule has 80 valence electrons. The van der Waals surface area contributed by atoms with Gasteiger partial charge < -0.3 is 4.74 Å². The zero-order chi connectivity index (χ0) is 11.3. The quantitative estimate of drug-likeness (QED) is 0.583. The molecular weight excluding hydrogens is 212 g/mol. The van der Waals surface area contributed by atoms with Crippen molar-refractivity contribution in [2.45, 2.75) is 24.8 Å². The van der Waals surface area contributed by atoms with Crippen molar-refractivity contribution in [2.24, 2.45) is 0 Å². The summed E-state index contributed by atoms with van der Waals surface area (Å²) in [7, 11) is 0. The molecule has 0 N–H and O–H groups in total. The lowest BCUT2D eigenvalue weighted by molar-refractivity contribution is -0.149. The lowest BCUT2D eigenvalue weighted by Gasteiger charge is -2.09. The van der Waals surface area contributed by atoms with Gasteiger partial charge in [-0.3, -0.25) is 9.59 Å². The second-order valence-electron chi connectivity index (χ2n) is 2.99. The number of benzene rings is 1. The molecule has 0 radical (unpaired) electrons. The van der Waals surface area contributed by atoms with Crippen molar-refractivity contribution in [3.8, 4) is 0 Å². The van der Waals surface area contributed by atoms with Crippen LogP contribution < -0.4 is 0 Å². The van der Waals surface area contributed by atoms with E-state index in [0.717, 1.165) is 16.7 Å². The largest absolute Gasteiger partial charge is 0.454 e. The SMILES string of the molecule is CC(=O)O[C@@H](C)C(=O)Sc1ccccc1. The summed E-state index contributed by atoms with van der Waals surface area (Å²) in [5.41, 5.74) is 0. The van der Waals surface area contributed by atoms with Gasteiger partial charge in [-0.2, -0.15) is 0 Å². The minimum absolute atomic E-state index is 0.170. The highest BCUT2D eigenvalue weighted by molar-refractivity contribution is 8.13. The molecule has 3 nitrogen and oxygen atoms in total. The van der Waals surface area contributed by atoms with Crippen LogP contribution in [0.25, 0.3) is 0 Å². The third kappa shape index (κ3) is 4.16. The topological polar surface area (TPSA) is 43.4 Å². The van der Waals surface area contributed by atoms with Crippen molar-refractivity contribution >= 4 is 22.8 Å². The van der Waals surface area contributed by atoms with E-state index in [-0.39, 0.29) is 5.12 Å². The van der Waals surface area contributed by atoms with Crippen molar-refractivity contribution < 1.29 is 14.3 Å².